The molecule has 0 saturated carbocycles. The molecule has 0 spiro atoms. The fourth-order valence-corrected chi connectivity index (χ4v) is 2.46. The van der Waals surface area contributed by atoms with Crippen LogP contribution in [0.5, 0.6) is 0 Å². The Morgan fingerprint density at radius 1 is 1.47 bits per heavy atom. The van der Waals surface area contributed by atoms with Crippen LogP contribution in [-0.2, 0) is 19.4 Å². The molecule has 1 saturated heterocycles. The van der Waals surface area contributed by atoms with Crippen LogP contribution < -0.4 is 0 Å². The molecular formula is C10H17NO5S. The van der Waals surface area contributed by atoms with Gasteiger partial charge in [-0.1, -0.05) is 0 Å². The van der Waals surface area contributed by atoms with Gasteiger partial charge in [0.1, 0.15) is 5.25 Å². The Bertz CT molecular complexity index is 416. The summed E-state index contributed by atoms with van der Waals surface area (Å²) in [5, 5.41) is 7.62. The van der Waals surface area contributed by atoms with E-state index in [1.807, 2.05) is 0 Å². The molecule has 1 heterocycles. The molecule has 0 aromatic heterocycles. The van der Waals surface area contributed by atoms with Gasteiger partial charge in [0, 0.05) is 18.8 Å². The molecule has 1 aliphatic rings. The fourth-order valence-electron chi connectivity index (χ4n) is 1.96. The van der Waals surface area contributed by atoms with Gasteiger partial charge in [0.05, 0.1) is 6.42 Å². The molecule has 17 heavy (non-hydrogen) atoms. The molecule has 0 aromatic carbocycles. The molecule has 1 rings (SSSR count). The average Bonchev–Trinajstić information content (AvgIpc) is 2.61. The van der Waals surface area contributed by atoms with Crippen molar-refractivity contribution in [1.82, 2.24) is 4.90 Å². The number of rotatable bonds is 4. The Labute approximate surface area is 101 Å². The number of nitrogens with zero attached hydrogens (tertiary/aromatic N) is 1. The lowest BCUT2D eigenvalue weighted by atomic mass is 10.1. The van der Waals surface area contributed by atoms with Crippen LogP contribution in [-0.4, -0.2) is 54.4 Å². The number of amides is 1. The summed E-state index contributed by atoms with van der Waals surface area (Å²) in [6, 6.07) is -0.371. The third kappa shape index (κ3) is 3.42. The van der Waals surface area contributed by atoms with Gasteiger partial charge in [-0.25, -0.2) is 8.42 Å². The summed E-state index contributed by atoms with van der Waals surface area (Å²) in [6.07, 6.45) is 2.23. The lowest BCUT2D eigenvalue weighted by molar-refractivity contribution is -0.139. The Morgan fingerprint density at radius 2 is 2.06 bits per heavy atom. The standard InChI is InChI=1S/C10H17NO5S/c1-7(17(2,15)16)10(14)11-5-3-4-8(11)6-9(12)13/h7-8H,3-6H2,1-2H3,(H,12,13). The van der Waals surface area contributed by atoms with E-state index >= 15 is 0 Å². The molecule has 0 aromatic rings. The summed E-state index contributed by atoms with van der Waals surface area (Å²) < 4.78 is 22.6. The minimum absolute atomic E-state index is 0.123. The highest BCUT2D eigenvalue weighted by Gasteiger charge is 2.35. The number of carboxylic acids is 1. The summed E-state index contributed by atoms with van der Waals surface area (Å²) in [4.78, 5) is 24.0. The first-order valence-electron chi connectivity index (χ1n) is 5.44. The van der Waals surface area contributed by atoms with E-state index in [4.69, 9.17) is 5.11 Å². The molecule has 2 unspecified atom stereocenters. The molecule has 7 heteroatoms. The van der Waals surface area contributed by atoms with E-state index in [2.05, 4.69) is 0 Å². The highest BCUT2D eigenvalue weighted by atomic mass is 32.2. The summed E-state index contributed by atoms with van der Waals surface area (Å²) in [6.45, 7) is 1.78. The van der Waals surface area contributed by atoms with Crippen molar-refractivity contribution in [3.63, 3.8) is 0 Å². The Hall–Kier alpha value is -1.11. The van der Waals surface area contributed by atoms with E-state index in [0.717, 1.165) is 12.7 Å². The molecule has 0 aliphatic carbocycles. The second-order valence-electron chi connectivity index (χ2n) is 4.40. The van der Waals surface area contributed by atoms with Crippen molar-refractivity contribution in [2.75, 3.05) is 12.8 Å². The van der Waals surface area contributed by atoms with E-state index in [9.17, 15) is 18.0 Å². The van der Waals surface area contributed by atoms with Crippen molar-refractivity contribution >= 4 is 21.7 Å². The van der Waals surface area contributed by atoms with Crippen molar-refractivity contribution in [1.29, 1.82) is 0 Å². The molecule has 1 amide bonds. The van der Waals surface area contributed by atoms with Gasteiger partial charge in [0.15, 0.2) is 9.84 Å². The first kappa shape index (κ1) is 14.0. The van der Waals surface area contributed by atoms with Gasteiger partial charge in [-0.15, -0.1) is 0 Å². The molecular weight excluding hydrogens is 246 g/mol. The van der Waals surface area contributed by atoms with Crippen LogP contribution in [0.2, 0.25) is 0 Å². The van der Waals surface area contributed by atoms with Crippen molar-refractivity contribution < 1.29 is 23.1 Å². The predicted molar refractivity (Wildman–Crippen MR) is 61.3 cm³/mol. The van der Waals surface area contributed by atoms with E-state index in [1.165, 1.54) is 11.8 Å². The van der Waals surface area contributed by atoms with Crippen molar-refractivity contribution in [2.45, 2.75) is 37.5 Å². The third-order valence-corrected chi connectivity index (χ3v) is 4.55. The maximum atomic E-state index is 11.9. The van der Waals surface area contributed by atoms with Gasteiger partial charge in [-0.05, 0) is 19.8 Å². The summed E-state index contributed by atoms with van der Waals surface area (Å²) in [5.74, 6) is -1.46. The van der Waals surface area contributed by atoms with E-state index < -0.39 is 27.0 Å². The third-order valence-electron chi connectivity index (χ3n) is 3.06. The summed E-state index contributed by atoms with van der Waals surface area (Å²) in [5.41, 5.74) is 0. The molecule has 6 nitrogen and oxygen atoms in total. The van der Waals surface area contributed by atoms with E-state index in [-0.39, 0.29) is 12.5 Å². The molecule has 98 valence electrons. The largest absolute Gasteiger partial charge is 0.481 e. The van der Waals surface area contributed by atoms with Gasteiger partial charge in [0.2, 0.25) is 5.91 Å². The Morgan fingerprint density at radius 3 is 2.53 bits per heavy atom. The van der Waals surface area contributed by atoms with Crippen LogP contribution >= 0.6 is 0 Å². The van der Waals surface area contributed by atoms with Crippen molar-refractivity contribution in [3.8, 4) is 0 Å². The Balaban J connectivity index is 2.78. The smallest absolute Gasteiger partial charge is 0.305 e. The zero-order valence-corrected chi connectivity index (χ0v) is 10.7. The minimum atomic E-state index is -3.43. The van der Waals surface area contributed by atoms with Crippen LogP contribution in [0.3, 0.4) is 0 Å². The van der Waals surface area contributed by atoms with Gasteiger partial charge >= 0.3 is 5.97 Å². The average molecular weight is 263 g/mol. The number of carboxylic acid groups (broad SMARTS) is 1. The van der Waals surface area contributed by atoms with Crippen molar-refractivity contribution in [2.24, 2.45) is 0 Å². The molecule has 1 N–H and O–H groups in total. The molecule has 0 bridgehead atoms. The monoisotopic (exact) mass is 263 g/mol. The van der Waals surface area contributed by atoms with Crippen LogP contribution in [0.15, 0.2) is 0 Å². The van der Waals surface area contributed by atoms with Crippen LogP contribution in [0.1, 0.15) is 26.2 Å². The number of hydrogen-bond donors (Lipinski definition) is 1. The lowest BCUT2D eigenvalue weighted by Gasteiger charge is -2.25. The van der Waals surface area contributed by atoms with Gasteiger partial charge in [-0.3, -0.25) is 9.59 Å². The number of aliphatic carboxylic acids is 1. The topological polar surface area (TPSA) is 91.8 Å². The van der Waals surface area contributed by atoms with Gasteiger partial charge in [-0.2, -0.15) is 0 Å². The van der Waals surface area contributed by atoms with Crippen LogP contribution in [0.25, 0.3) is 0 Å². The first-order chi connectivity index (χ1) is 7.73. The minimum Gasteiger partial charge on any atom is -0.481 e. The molecule has 2 atom stereocenters. The fraction of sp³-hybridized carbons (Fsp3) is 0.800. The molecule has 1 fully saturated rings. The number of sulfone groups is 1. The number of likely N-dealkylation sites (tertiary alicyclic amines) is 1. The predicted octanol–water partition coefficient (Wildman–Crippen LogP) is -0.115. The van der Waals surface area contributed by atoms with E-state index in [0.29, 0.717) is 13.0 Å². The number of carbonyl (C=O) groups excluding carboxylic acids is 1. The second-order valence-corrected chi connectivity index (χ2v) is 6.76. The van der Waals surface area contributed by atoms with Gasteiger partial charge in [0.25, 0.3) is 0 Å². The normalized spacial score (nSPS) is 22.5. The van der Waals surface area contributed by atoms with Gasteiger partial charge < -0.3 is 10.0 Å². The zero-order chi connectivity index (χ0) is 13.2. The molecule has 1 aliphatic heterocycles. The highest BCUT2D eigenvalue weighted by Crippen LogP contribution is 2.22. The lowest BCUT2D eigenvalue weighted by Crippen LogP contribution is -2.44. The van der Waals surface area contributed by atoms with E-state index in [1.54, 1.807) is 0 Å². The zero-order valence-electron chi connectivity index (χ0n) is 9.92. The second kappa shape index (κ2) is 5.03. The van der Waals surface area contributed by atoms with Crippen LogP contribution in [0.4, 0.5) is 0 Å². The maximum absolute atomic E-state index is 11.9. The first-order valence-corrected chi connectivity index (χ1v) is 7.40. The highest BCUT2D eigenvalue weighted by molar-refractivity contribution is 7.92. The Kier molecular flexibility index (Phi) is 4.13. The quantitative estimate of drug-likeness (QED) is 0.763. The van der Waals surface area contributed by atoms with Crippen LogP contribution in [0, 0.1) is 0 Å². The summed E-state index contributed by atoms with van der Waals surface area (Å²) in [7, 11) is -3.43. The number of hydrogen-bond acceptors (Lipinski definition) is 4. The molecule has 0 radical (unpaired) electrons. The summed E-state index contributed by atoms with van der Waals surface area (Å²) >= 11 is 0. The SMILES string of the molecule is CC(C(=O)N1CCCC1CC(=O)O)S(C)(=O)=O. The van der Waals surface area contributed by atoms with Crippen molar-refractivity contribution in [3.05, 3.63) is 0 Å². The number of carbonyl (C=O) groups is 2. The maximum Gasteiger partial charge on any atom is 0.305 e.